The second kappa shape index (κ2) is 6.39. The summed E-state index contributed by atoms with van der Waals surface area (Å²) in [5, 5.41) is 2.86. The van der Waals surface area contributed by atoms with Gasteiger partial charge in [-0.25, -0.2) is 4.79 Å². The first-order valence-corrected chi connectivity index (χ1v) is 9.27. The third kappa shape index (κ3) is 3.50. The monoisotopic (exact) mass is 422 g/mol. The number of ether oxygens (including phenoxy) is 2. The van der Waals surface area contributed by atoms with Crippen LogP contribution in [0.1, 0.15) is 40.2 Å². The Morgan fingerprint density at radius 1 is 1.42 bits per heavy atom. The van der Waals surface area contributed by atoms with Crippen LogP contribution in [0.4, 0.5) is 10.5 Å². The molecule has 2 aliphatic heterocycles. The number of hydrogen-bond acceptors (Lipinski definition) is 4. The molecule has 1 aromatic carbocycles. The average molecular weight is 423 g/mol. The van der Waals surface area contributed by atoms with E-state index in [0.717, 1.165) is 15.7 Å². The molecule has 140 valence electrons. The van der Waals surface area contributed by atoms with Crippen LogP contribution in [0, 0.1) is 0 Å². The summed E-state index contributed by atoms with van der Waals surface area (Å²) in [6.45, 7) is 9.39. The molecule has 1 saturated heterocycles. The van der Waals surface area contributed by atoms with E-state index in [2.05, 4.69) is 21.2 Å². The van der Waals surface area contributed by atoms with E-state index >= 15 is 0 Å². The minimum Gasteiger partial charge on any atom is -0.444 e. The maximum Gasteiger partial charge on any atom is 0.413 e. The van der Waals surface area contributed by atoms with Gasteiger partial charge in [0.05, 0.1) is 18.3 Å². The van der Waals surface area contributed by atoms with Crippen LogP contribution < -0.4 is 5.32 Å². The summed E-state index contributed by atoms with van der Waals surface area (Å²) in [6, 6.07) is 5.22. The minimum absolute atomic E-state index is 0.194. The van der Waals surface area contributed by atoms with E-state index in [1.165, 1.54) is 0 Å². The van der Waals surface area contributed by atoms with Crippen molar-refractivity contribution in [3.63, 3.8) is 0 Å². The maximum atomic E-state index is 12.7. The summed E-state index contributed by atoms with van der Waals surface area (Å²) in [5.74, 6) is -0.194. The molecule has 1 N–H and O–H groups in total. The first kappa shape index (κ1) is 18.9. The largest absolute Gasteiger partial charge is 0.444 e. The summed E-state index contributed by atoms with van der Waals surface area (Å²) >= 11 is 3.45. The van der Waals surface area contributed by atoms with Gasteiger partial charge in [-0.15, -0.1) is 0 Å². The molecule has 26 heavy (non-hydrogen) atoms. The zero-order chi connectivity index (χ0) is 19.3. The lowest BCUT2D eigenvalue weighted by Crippen LogP contribution is -2.49. The zero-order valence-electron chi connectivity index (χ0n) is 15.6. The van der Waals surface area contributed by atoms with Crippen molar-refractivity contribution in [3.05, 3.63) is 34.3 Å². The van der Waals surface area contributed by atoms with Gasteiger partial charge in [0.25, 0.3) is 5.91 Å². The molecule has 6 nitrogen and oxygen atoms in total. The number of fused-ring (bicyclic) bond motifs is 1. The second-order valence-corrected chi connectivity index (χ2v) is 8.73. The Kier molecular flexibility index (Phi) is 4.65. The smallest absolute Gasteiger partial charge is 0.413 e. The highest BCUT2D eigenvalue weighted by molar-refractivity contribution is 9.10. The number of nitrogens with zero attached hydrogens (tertiary/aromatic N) is 1. The van der Waals surface area contributed by atoms with Gasteiger partial charge in [0.15, 0.2) is 0 Å². The van der Waals surface area contributed by atoms with Crippen LogP contribution in [-0.4, -0.2) is 40.9 Å². The van der Waals surface area contributed by atoms with Crippen molar-refractivity contribution in [2.45, 2.75) is 52.0 Å². The molecule has 0 aliphatic carbocycles. The normalized spacial score (nSPS) is 23.2. The van der Waals surface area contributed by atoms with Crippen molar-refractivity contribution >= 4 is 39.2 Å². The van der Waals surface area contributed by atoms with E-state index in [0.29, 0.717) is 12.2 Å². The molecule has 0 spiro atoms. The van der Waals surface area contributed by atoms with Gasteiger partial charge >= 0.3 is 6.09 Å². The standard InChI is InChI=1S/C19H23BrN2O4/c1-18(2,3)26-17(24)22-11(10-25-19(22,4)5)9-13-12-7-6-8-14(20)15(12)21-16(13)23/h6-9,11H,10H2,1-5H3,(H,21,23)/b13-9-/t11-/m0/s1. The van der Waals surface area contributed by atoms with Gasteiger partial charge in [0.1, 0.15) is 11.3 Å². The Bertz CT molecular complexity index is 795. The lowest BCUT2D eigenvalue weighted by molar-refractivity contribution is -0.110. The van der Waals surface area contributed by atoms with Gasteiger partial charge in [-0.1, -0.05) is 12.1 Å². The lowest BCUT2D eigenvalue weighted by atomic mass is 10.0. The Balaban J connectivity index is 1.96. The third-order valence-corrected chi connectivity index (χ3v) is 4.92. The number of rotatable bonds is 1. The minimum atomic E-state index is -0.820. The lowest BCUT2D eigenvalue weighted by Gasteiger charge is -2.34. The number of hydrogen-bond donors (Lipinski definition) is 1. The number of anilines is 1. The summed E-state index contributed by atoms with van der Waals surface area (Å²) in [7, 11) is 0. The number of benzene rings is 1. The first-order chi connectivity index (χ1) is 12.0. The SMILES string of the molecule is CC(C)(C)OC(=O)N1[C@@H](/C=C2\C(=O)Nc3c(Br)cccc32)COC1(C)C. The molecule has 0 unspecified atom stereocenters. The van der Waals surface area contributed by atoms with E-state index in [9.17, 15) is 9.59 Å². The molecule has 1 fully saturated rings. The molecular weight excluding hydrogens is 400 g/mol. The van der Waals surface area contributed by atoms with E-state index < -0.39 is 23.5 Å². The predicted octanol–water partition coefficient (Wildman–Crippen LogP) is 4.16. The topological polar surface area (TPSA) is 67.9 Å². The Morgan fingerprint density at radius 3 is 2.77 bits per heavy atom. The fourth-order valence-electron chi connectivity index (χ4n) is 3.16. The van der Waals surface area contributed by atoms with Gasteiger partial charge in [0, 0.05) is 15.6 Å². The van der Waals surface area contributed by atoms with Gasteiger partial charge < -0.3 is 14.8 Å². The van der Waals surface area contributed by atoms with Crippen molar-refractivity contribution in [2.75, 3.05) is 11.9 Å². The number of carbonyl (C=O) groups excluding carboxylic acids is 2. The molecule has 2 heterocycles. The van der Waals surface area contributed by atoms with Gasteiger partial charge in [-0.05, 0) is 62.7 Å². The highest BCUT2D eigenvalue weighted by Crippen LogP contribution is 2.39. The van der Waals surface area contributed by atoms with Crippen LogP contribution in [0.5, 0.6) is 0 Å². The summed E-state index contributed by atoms with van der Waals surface area (Å²) in [4.78, 5) is 26.7. The summed E-state index contributed by atoms with van der Waals surface area (Å²) in [5.41, 5.74) is 0.639. The van der Waals surface area contributed by atoms with E-state index in [-0.39, 0.29) is 5.91 Å². The van der Waals surface area contributed by atoms with Gasteiger partial charge in [0.2, 0.25) is 0 Å². The average Bonchev–Trinajstić information content (AvgIpc) is 2.96. The molecule has 0 bridgehead atoms. The first-order valence-electron chi connectivity index (χ1n) is 8.48. The number of halogens is 1. The number of nitrogens with one attached hydrogen (secondary N) is 1. The summed E-state index contributed by atoms with van der Waals surface area (Å²) in [6.07, 6.45) is 1.32. The van der Waals surface area contributed by atoms with Crippen molar-refractivity contribution in [2.24, 2.45) is 0 Å². The van der Waals surface area contributed by atoms with Crippen LogP contribution in [0.15, 0.2) is 28.7 Å². The quantitative estimate of drug-likeness (QED) is 0.689. The molecule has 0 saturated carbocycles. The highest BCUT2D eigenvalue weighted by Gasteiger charge is 2.45. The van der Waals surface area contributed by atoms with Crippen molar-refractivity contribution in [3.8, 4) is 0 Å². The molecule has 0 radical (unpaired) electrons. The van der Waals surface area contributed by atoms with Crippen LogP contribution in [0.25, 0.3) is 5.57 Å². The van der Waals surface area contributed by atoms with E-state index in [1.807, 2.05) is 52.8 Å². The van der Waals surface area contributed by atoms with Crippen molar-refractivity contribution in [1.29, 1.82) is 0 Å². The third-order valence-electron chi connectivity index (χ3n) is 4.26. The highest BCUT2D eigenvalue weighted by atomic mass is 79.9. The van der Waals surface area contributed by atoms with Crippen LogP contribution >= 0.6 is 15.9 Å². The fraction of sp³-hybridized carbons (Fsp3) is 0.474. The van der Waals surface area contributed by atoms with Crippen molar-refractivity contribution in [1.82, 2.24) is 4.90 Å². The van der Waals surface area contributed by atoms with Crippen molar-refractivity contribution < 1.29 is 19.1 Å². The zero-order valence-corrected chi connectivity index (χ0v) is 17.1. The van der Waals surface area contributed by atoms with Gasteiger partial charge in [-0.2, -0.15) is 0 Å². The maximum absolute atomic E-state index is 12.7. The number of amides is 2. The van der Waals surface area contributed by atoms with Crippen LogP contribution in [0.3, 0.4) is 0 Å². The number of para-hydroxylation sites is 1. The molecule has 1 atom stereocenters. The van der Waals surface area contributed by atoms with E-state index in [1.54, 1.807) is 11.0 Å². The predicted molar refractivity (Wildman–Crippen MR) is 103 cm³/mol. The Hall–Kier alpha value is -1.86. The summed E-state index contributed by atoms with van der Waals surface area (Å²) < 4.78 is 12.2. The Morgan fingerprint density at radius 2 is 2.12 bits per heavy atom. The molecule has 1 aromatic rings. The molecule has 2 aliphatic rings. The Labute approximate surface area is 161 Å². The van der Waals surface area contributed by atoms with Gasteiger partial charge in [-0.3, -0.25) is 9.69 Å². The van der Waals surface area contributed by atoms with E-state index in [4.69, 9.17) is 9.47 Å². The fourth-order valence-corrected chi connectivity index (χ4v) is 3.62. The molecule has 0 aromatic heterocycles. The molecule has 3 rings (SSSR count). The van der Waals surface area contributed by atoms with Crippen LogP contribution in [-0.2, 0) is 14.3 Å². The molecule has 7 heteroatoms. The molecule has 2 amide bonds. The molecular formula is C19H23BrN2O4. The number of carbonyl (C=O) groups is 2. The second-order valence-electron chi connectivity index (χ2n) is 7.87. The van der Waals surface area contributed by atoms with Crippen LogP contribution in [0.2, 0.25) is 0 Å².